The molecule has 0 bridgehead atoms. The number of aliphatic hydroxyl groups is 1. The number of allylic oxidation sites excluding steroid dienone is 32. The van der Waals surface area contributed by atoms with Crippen molar-refractivity contribution in [2.45, 2.75) is 277 Å². The van der Waals surface area contributed by atoms with E-state index in [9.17, 15) is 14.7 Å². The molecule has 0 aliphatic rings. The summed E-state index contributed by atoms with van der Waals surface area (Å²) in [6.45, 7) is 3.88. The molecule has 0 fully saturated rings. The highest BCUT2D eigenvalue weighted by molar-refractivity contribution is 5.70. The number of unbranched alkanes of at least 4 members (excludes halogenated alkanes) is 20. The maximum Gasteiger partial charge on any atom is 0.306 e. The van der Waals surface area contributed by atoms with E-state index in [1.54, 1.807) is 0 Å². The molecule has 0 saturated heterocycles. The number of aliphatic hydroxyl groups excluding tert-OH is 1. The zero-order chi connectivity index (χ0) is 60.5. The van der Waals surface area contributed by atoms with Gasteiger partial charge >= 0.3 is 11.9 Å². The molecule has 0 aliphatic heterocycles. The number of rotatable bonds is 60. The van der Waals surface area contributed by atoms with Crippen LogP contribution in [0.3, 0.4) is 0 Å². The second kappa shape index (κ2) is 72.0. The van der Waals surface area contributed by atoms with Gasteiger partial charge in [-0.25, -0.2) is 0 Å². The predicted octanol–water partition coefficient (Wildman–Crippen LogP) is 24.0. The van der Waals surface area contributed by atoms with Crippen molar-refractivity contribution in [2.75, 3.05) is 13.2 Å². The molecule has 1 atom stereocenters. The van der Waals surface area contributed by atoms with E-state index in [1.807, 2.05) is 0 Å². The fraction of sp³-hybridized carbons (Fsp3) is 0.570. The SMILES string of the molecule is CC/C=C\C/C=C\C/C=C\C/C=C\C/C=C\C/C=C\C/C=C\C/C=C\C/C=C\C/C=C\C/C=C\C/C=C\CCCCC(=O)OC(CO)COC(=O)CCCCCCCCCCCCCCCCCCCC/C=C\C/C=C\C/C=C\C/C=C\CC. The molecular formula is C79H124O5. The Kier molecular flexibility index (Phi) is 67.5. The molecule has 0 aromatic rings. The number of carbonyl (C=O) groups excluding carboxylic acids is 2. The summed E-state index contributed by atoms with van der Waals surface area (Å²) in [6.07, 6.45) is 114. The minimum atomic E-state index is -0.810. The van der Waals surface area contributed by atoms with E-state index < -0.39 is 6.10 Å². The Morgan fingerprint density at radius 3 is 0.738 bits per heavy atom. The van der Waals surface area contributed by atoms with E-state index in [4.69, 9.17) is 9.47 Å². The average Bonchev–Trinajstić information content (AvgIpc) is 3.51. The summed E-state index contributed by atoms with van der Waals surface area (Å²) in [6, 6.07) is 0. The minimum absolute atomic E-state index is 0.0939. The lowest BCUT2D eigenvalue weighted by Gasteiger charge is -2.15. The minimum Gasteiger partial charge on any atom is -0.462 e. The summed E-state index contributed by atoms with van der Waals surface area (Å²) in [5.41, 5.74) is 0. The van der Waals surface area contributed by atoms with E-state index in [2.05, 4.69) is 208 Å². The Morgan fingerprint density at radius 2 is 0.476 bits per heavy atom. The molecule has 84 heavy (non-hydrogen) atoms. The van der Waals surface area contributed by atoms with Crippen molar-refractivity contribution in [3.63, 3.8) is 0 Å². The second-order valence-electron chi connectivity index (χ2n) is 21.8. The monoisotopic (exact) mass is 1150 g/mol. The lowest BCUT2D eigenvalue weighted by atomic mass is 10.0. The van der Waals surface area contributed by atoms with Gasteiger partial charge in [-0.1, -0.05) is 311 Å². The first-order valence-corrected chi connectivity index (χ1v) is 34.0. The van der Waals surface area contributed by atoms with Gasteiger partial charge in [0.25, 0.3) is 0 Å². The van der Waals surface area contributed by atoms with Crippen LogP contribution in [0.15, 0.2) is 194 Å². The molecule has 0 spiro atoms. The normalized spacial score (nSPS) is 13.5. The van der Waals surface area contributed by atoms with E-state index in [0.29, 0.717) is 12.8 Å². The summed E-state index contributed by atoms with van der Waals surface area (Å²) in [5.74, 6) is -0.649. The van der Waals surface area contributed by atoms with E-state index >= 15 is 0 Å². The molecule has 470 valence electrons. The van der Waals surface area contributed by atoms with Crippen LogP contribution in [0.1, 0.15) is 271 Å². The molecule has 0 radical (unpaired) electrons. The third-order valence-electron chi connectivity index (χ3n) is 13.9. The van der Waals surface area contributed by atoms with Crippen molar-refractivity contribution in [1.82, 2.24) is 0 Å². The van der Waals surface area contributed by atoms with Crippen LogP contribution < -0.4 is 0 Å². The molecular weight excluding hydrogens is 1030 g/mol. The smallest absolute Gasteiger partial charge is 0.306 e. The summed E-state index contributed by atoms with van der Waals surface area (Å²) < 4.78 is 10.7. The number of ether oxygens (including phenoxy) is 2. The standard InChI is InChI=1S/C79H124O5/c1-3-5-7-9-11-13-15-17-19-21-23-25-27-29-31-33-35-36-37-38-39-40-41-42-44-46-48-50-52-54-56-58-60-62-64-66-68-70-72-74-79(82)84-77(75-80)76-83-78(81)73-71-69-67-65-63-61-59-57-55-53-51-49-47-45-43-34-32-30-28-26-24-22-20-18-16-14-12-10-8-6-4-2/h5-8,11-14,17-20,23-26,29,31,35-36,38-39,41-42,46,48,52,54,58,60,64,66,77,80H,3-4,9-10,15-16,21-22,27-28,30,32-34,37,40,43-45,47,49-51,53,55-57,59,61-63,65,67-76H2,1-2H3/b7-5-,8-6-,13-11-,14-12-,19-17-,20-18-,25-23-,26-24-,31-29-,36-35-,39-38-,42-41-,48-46-,54-52-,60-58-,66-64-. The van der Waals surface area contributed by atoms with Crippen molar-refractivity contribution in [1.29, 1.82) is 0 Å². The van der Waals surface area contributed by atoms with Gasteiger partial charge in [0.15, 0.2) is 6.10 Å². The molecule has 0 aliphatic carbocycles. The van der Waals surface area contributed by atoms with Crippen molar-refractivity contribution < 1.29 is 24.2 Å². The topological polar surface area (TPSA) is 72.8 Å². The maximum absolute atomic E-state index is 12.3. The molecule has 0 aromatic carbocycles. The Balaban J connectivity index is 3.63. The lowest BCUT2D eigenvalue weighted by molar-refractivity contribution is -0.161. The van der Waals surface area contributed by atoms with Crippen molar-refractivity contribution in [3.8, 4) is 0 Å². The lowest BCUT2D eigenvalue weighted by Crippen LogP contribution is -2.28. The van der Waals surface area contributed by atoms with Gasteiger partial charge in [0.05, 0.1) is 6.61 Å². The average molecular weight is 1150 g/mol. The molecule has 0 saturated carbocycles. The van der Waals surface area contributed by atoms with Crippen LogP contribution in [-0.2, 0) is 19.1 Å². The number of esters is 2. The first kappa shape index (κ1) is 78.7. The highest BCUT2D eigenvalue weighted by Gasteiger charge is 2.16. The van der Waals surface area contributed by atoms with Gasteiger partial charge in [-0.05, 0) is 141 Å². The second-order valence-corrected chi connectivity index (χ2v) is 21.8. The number of hydrogen-bond acceptors (Lipinski definition) is 5. The van der Waals surface area contributed by atoms with Crippen LogP contribution >= 0.6 is 0 Å². The van der Waals surface area contributed by atoms with Crippen LogP contribution in [0.25, 0.3) is 0 Å². The summed E-state index contributed by atoms with van der Waals surface area (Å²) in [4.78, 5) is 24.6. The quantitative estimate of drug-likeness (QED) is 0.0373. The fourth-order valence-corrected chi connectivity index (χ4v) is 8.88. The molecule has 0 rings (SSSR count). The number of hydrogen-bond donors (Lipinski definition) is 1. The third kappa shape index (κ3) is 69.2. The molecule has 5 heteroatoms. The van der Waals surface area contributed by atoms with Crippen LogP contribution in [0.4, 0.5) is 0 Å². The van der Waals surface area contributed by atoms with Gasteiger partial charge < -0.3 is 14.6 Å². The predicted molar refractivity (Wildman–Crippen MR) is 370 cm³/mol. The van der Waals surface area contributed by atoms with Crippen LogP contribution in [0, 0.1) is 0 Å². The van der Waals surface area contributed by atoms with Gasteiger partial charge in [-0.15, -0.1) is 0 Å². The first-order valence-electron chi connectivity index (χ1n) is 34.0. The van der Waals surface area contributed by atoms with Gasteiger partial charge in [0, 0.05) is 12.8 Å². The highest BCUT2D eigenvalue weighted by atomic mass is 16.6. The Labute approximate surface area is 518 Å². The van der Waals surface area contributed by atoms with Crippen LogP contribution in [0.2, 0.25) is 0 Å². The fourth-order valence-electron chi connectivity index (χ4n) is 8.88. The summed E-state index contributed by atoms with van der Waals surface area (Å²) in [5, 5.41) is 9.69. The van der Waals surface area contributed by atoms with Gasteiger partial charge in [0.1, 0.15) is 6.61 Å². The Hall–Kier alpha value is -5.26. The Morgan fingerprint density at radius 1 is 0.274 bits per heavy atom. The van der Waals surface area contributed by atoms with Gasteiger partial charge in [-0.3, -0.25) is 9.59 Å². The first-order chi connectivity index (χ1) is 41.6. The zero-order valence-electron chi connectivity index (χ0n) is 53.8. The van der Waals surface area contributed by atoms with Crippen molar-refractivity contribution >= 4 is 11.9 Å². The van der Waals surface area contributed by atoms with Gasteiger partial charge in [-0.2, -0.15) is 0 Å². The van der Waals surface area contributed by atoms with Crippen molar-refractivity contribution in [3.05, 3.63) is 194 Å². The molecule has 0 heterocycles. The molecule has 1 N–H and O–H groups in total. The molecule has 1 unspecified atom stereocenters. The summed E-state index contributed by atoms with van der Waals surface area (Å²) in [7, 11) is 0. The highest BCUT2D eigenvalue weighted by Crippen LogP contribution is 2.16. The number of carbonyl (C=O) groups is 2. The molecule has 0 aromatic heterocycles. The molecule has 0 amide bonds. The molecule has 5 nitrogen and oxygen atoms in total. The van der Waals surface area contributed by atoms with E-state index in [-0.39, 0.29) is 31.6 Å². The van der Waals surface area contributed by atoms with Gasteiger partial charge in [0.2, 0.25) is 0 Å². The Bertz CT molecular complexity index is 1930. The largest absolute Gasteiger partial charge is 0.462 e. The van der Waals surface area contributed by atoms with E-state index in [1.165, 1.54) is 103 Å². The van der Waals surface area contributed by atoms with E-state index in [0.717, 1.165) is 135 Å². The summed E-state index contributed by atoms with van der Waals surface area (Å²) >= 11 is 0. The third-order valence-corrected chi connectivity index (χ3v) is 13.9. The maximum atomic E-state index is 12.3. The van der Waals surface area contributed by atoms with Crippen LogP contribution in [0.5, 0.6) is 0 Å². The van der Waals surface area contributed by atoms with Crippen LogP contribution in [-0.4, -0.2) is 36.4 Å². The van der Waals surface area contributed by atoms with Crippen molar-refractivity contribution in [2.24, 2.45) is 0 Å². The zero-order valence-corrected chi connectivity index (χ0v) is 53.8.